The number of rotatable bonds is 4. The highest BCUT2D eigenvalue weighted by molar-refractivity contribution is 5.67. The number of hydrogen-bond acceptors (Lipinski definition) is 5. The molecular weight excluding hydrogens is 218 g/mol. The molecule has 1 heterocycles. The Hall–Kier alpha value is -2.14. The van der Waals surface area contributed by atoms with Gasteiger partial charge in [-0.2, -0.15) is 4.98 Å². The predicted octanol–water partition coefficient (Wildman–Crippen LogP) is 1.97. The lowest BCUT2D eigenvalue weighted by molar-refractivity contribution is 0.174. The number of nitrogens with two attached hydrogens (primary N) is 1. The van der Waals surface area contributed by atoms with Gasteiger partial charge in [0.15, 0.2) is 5.82 Å². The van der Waals surface area contributed by atoms with Crippen LogP contribution in [0.25, 0.3) is 12.2 Å². The lowest BCUT2D eigenvalue weighted by Gasteiger charge is -1.94. The van der Waals surface area contributed by atoms with Crippen LogP contribution in [0.3, 0.4) is 0 Å². The highest BCUT2D eigenvalue weighted by Gasteiger charge is 2.01. The molecule has 17 heavy (non-hydrogen) atoms. The number of methoxy groups -OCH3 is 1. The predicted molar refractivity (Wildman–Crippen MR) is 64.8 cm³/mol. The maximum Gasteiger partial charge on any atom is 0.250 e. The molecule has 0 aliphatic heterocycles. The van der Waals surface area contributed by atoms with Gasteiger partial charge in [0.05, 0.1) is 0 Å². The summed E-state index contributed by atoms with van der Waals surface area (Å²) in [6.07, 6.45) is 3.60. The van der Waals surface area contributed by atoms with Crippen LogP contribution in [-0.2, 0) is 11.3 Å². The van der Waals surface area contributed by atoms with Crippen molar-refractivity contribution in [2.24, 2.45) is 0 Å². The van der Waals surface area contributed by atoms with Gasteiger partial charge in [-0.25, -0.2) is 0 Å². The molecular formula is C12H13N3O2. The van der Waals surface area contributed by atoms with Gasteiger partial charge in [0.2, 0.25) is 0 Å². The molecule has 0 saturated heterocycles. The van der Waals surface area contributed by atoms with Gasteiger partial charge in [0, 0.05) is 18.9 Å². The topological polar surface area (TPSA) is 74.2 Å². The van der Waals surface area contributed by atoms with Gasteiger partial charge in [0.25, 0.3) is 5.89 Å². The van der Waals surface area contributed by atoms with E-state index in [2.05, 4.69) is 10.1 Å². The van der Waals surface area contributed by atoms with E-state index in [0.717, 1.165) is 11.3 Å². The fraction of sp³-hybridized carbons (Fsp3) is 0.167. The summed E-state index contributed by atoms with van der Waals surface area (Å²) in [6.45, 7) is 0.343. The second-order valence-electron chi connectivity index (χ2n) is 3.49. The van der Waals surface area contributed by atoms with E-state index in [9.17, 15) is 0 Å². The third-order valence-electron chi connectivity index (χ3n) is 2.09. The molecule has 1 aromatic carbocycles. The van der Waals surface area contributed by atoms with E-state index in [4.69, 9.17) is 15.0 Å². The number of nitrogens with zero attached hydrogens (tertiary/aromatic N) is 2. The molecule has 5 heteroatoms. The zero-order valence-corrected chi connectivity index (χ0v) is 9.46. The van der Waals surface area contributed by atoms with Crippen LogP contribution in [0.2, 0.25) is 0 Å². The minimum atomic E-state index is 0.343. The number of nitrogen functional groups attached to an aromatic ring is 1. The third kappa shape index (κ3) is 3.15. The molecule has 2 aromatic rings. The Kier molecular flexibility index (Phi) is 3.52. The molecule has 1 aromatic heterocycles. The van der Waals surface area contributed by atoms with Crippen LogP contribution >= 0.6 is 0 Å². The fourth-order valence-corrected chi connectivity index (χ4v) is 1.35. The maximum atomic E-state index is 5.67. The van der Waals surface area contributed by atoms with Gasteiger partial charge in [-0.15, -0.1) is 0 Å². The van der Waals surface area contributed by atoms with Gasteiger partial charge in [-0.3, -0.25) is 0 Å². The molecule has 0 saturated carbocycles. The molecule has 0 amide bonds. The van der Waals surface area contributed by atoms with Crippen LogP contribution in [0, 0.1) is 0 Å². The first kappa shape index (κ1) is 11.3. The average molecular weight is 231 g/mol. The van der Waals surface area contributed by atoms with E-state index in [1.807, 2.05) is 30.3 Å². The molecule has 0 radical (unpaired) electrons. The van der Waals surface area contributed by atoms with Crippen molar-refractivity contribution in [1.29, 1.82) is 0 Å². The molecule has 5 nitrogen and oxygen atoms in total. The fourth-order valence-electron chi connectivity index (χ4n) is 1.35. The van der Waals surface area contributed by atoms with E-state index in [1.165, 1.54) is 0 Å². The van der Waals surface area contributed by atoms with Crippen molar-refractivity contribution in [3.05, 3.63) is 41.5 Å². The van der Waals surface area contributed by atoms with Gasteiger partial charge < -0.3 is 15.0 Å². The largest absolute Gasteiger partial charge is 0.399 e. The molecule has 0 fully saturated rings. The number of hydrogen-bond donors (Lipinski definition) is 1. The van der Waals surface area contributed by atoms with Crippen molar-refractivity contribution in [2.75, 3.05) is 12.8 Å². The van der Waals surface area contributed by atoms with Crippen molar-refractivity contribution in [2.45, 2.75) is 6.61 Å². The standard InChI is InChI=1S/C12H13N3O2/c1-16-8-11-14-12(17-15-11)6-5-9-3-2-4-10(13)7-9/h2-7H,8,13H2,1H3/b6-5+. The first-order chi connectivity index (χ1) is 8.28. The van der Waals surface area contributed by atoms with Crippen LogP contribution in [0.15, 0.2) is 28.8 Å². The molecule has 0 bridgehead atoms. The molecule has 0 unspecified atom stereocenters. The van der Waals surface area contributed by atoms with Crippen LogP contribution in [0.1, 0.15) is 17.3 Å². The van der Waals surface area contributed by atoms with E-state index in [1.54, 1.807) is 13.2 Å². The van der Waals surface area contributed by atoms with Gasteiger partial charge in [-0.05, 0) is 23.8 Å². The van der Waals surface area contributed by atoms with Gasteiger partial charge in [0.1, 0.15) is 6.61 Å². The summed E-state index contributed by atoms with van der Waals surface area (Å²) >= 11 is 0. The second kappa shape index (κ2) is 5.27. The lowest BCUT2D eigenvalue weighted by Crippen LogP contribution is -1.89. The lowest BCUT2D eigenvalue weighted by atomic mass is 10.2. The average Bonchev–Trinajstić information content (AvgIpc) is 2.75. The molecule has 2 N–H and O–H groups in total. The molecule has 0 aliphatic rings. The summed E-state index contributed by atoms with van der Waals surface area (Å²) in [7, 11) is 1.58. The maximum absolute atomic E-state index is 5.67. The van der Waals surface area contributed by atoms with E-state index < -0.39 is 0 Å². The molecule has 0 atom stereocenters. The monoisotopic (exact) mass is 231 g/mol. The molecule has 88 valence electrons. The normalized spacial score (nSPS) is 11.1. The number of benzene rings is 1. The Morgan fingerprint density at radius 3 is 3.06 bits per heavy atom. The molecule has 0 aliphatic carbocycles. The minimum Gasteiger partial charge on any atom is -0.399 e. The first-order valence-corrected chi connectivity index (χ1v) is 5.13. The summed E-state index contributed by atoms with van der Waals surface area (Å²) in [6, 6.07) is 7.53. The van der Waals surface area contributed by atoms with Crippen LogP contribution < -0.4 is 5.73 Å². The number of ether oxygens (including phenoxy) is 1. The second-order valence-corrected chi connectivity index (χ2v) is 3.49. The Bertz CT molecular complexity index is 520. The van der Waals surface area contributed by atoms with Crippen molar-refractivity contribution in [3.63, 3.8) is 0 Å². The Morgan fingerprint density at radius 1 is 1.41 bits per heavy atom. The Labute approximate surface area is 98.9 Å². The Morgan fingerprint density at radius 2 is 2.29 bits per heavy atom. The van der Waals surface area contributed by atoms with Crippen molar-refractivity contribution >= 4 is 17.8 Å². The summed E-state index contributed by atoms with van der Waals surface area (Å²) in [5.74, 6) is 0.971. The Balaban J connectivity index is 2.09. The van der Waals surface area contributed by atoms with Crippen LogP contribution in [0.5, 0.6) is 0 Å². The number of aromatic nitrogens is 2. The zero-order valence-electron chi connectivity index (χ0n) is 9.46. The van der Waals surface area contributed by atoms with E-state index in [0.29, 0.717) is 18.3 Å². The smallest absolute Gasteiger partial charge is 0.250 e. The quantitative estimate of drug-likeness (QED) is 0.814. The summed E-state index contributed by atoms with van der Waals surface area (Å²) in [5.41, 5.74) is 7.37. The third-order valence-corrected chi connectivity index (χ3v) is 2.09. The number of anilines is 1. The molecule has 0 spiro atoms. The SMILES string of the molecule is COCc1noc(/C=C/c2cccc(N)c2)n1. The zero-order chi connectivity index (χ0) is 12.1. The van der Waals surface area contributed by atoms with Crippen LogP contribution in [-0.4, -0.2) is 17.3 Å². The van der Waals surface area contributed by atoms with E-state index >= 15 is 0 Å². The summed E-state index contributed by atoms with van der Waals surface area (Å²) in [5, 5.41) is 3.75. The van der Waals surface area contributed by atoms with Gasteiger partial charge in [-0.1, -0.05) is 17.3 Å². The first-order valence-electron chi connectivity index (χ1n) is 5.13. The minimum absolute atomic E-state index is 0.343. The summed E-state index contributed by atoms with van der Waals surface area (Å²) < 4.78 is 9.90. The van der Waals surface area contributed by atoms with Gasteiger partial charge >= 0.3 is 0 Å². The van der Waals surface area contributed by atoms with Crippen LogP contribution in [0.4, 0.5) is 5.69 Å². The highest BCUT2D eigenvalue weighted by Crippen LogP contribution is 2.10. The molecule has 2 rings (SSSR count). The van der Waals surface area contributed by atoms with Crippen molar-refractivity contribution in [1.82, 2.24) is 10.1 Å². The van der Waals surface area contributed by atoms with Crippen molar-refractivity contribution in [3.8, 4) is 0 Å². The highest BCUT2D eigenvalue weighted by atomic mass is 16.5. The van der Waals surface area contributed by atoms with E-state index in [-0.39, 0.29) is 0 Å². The van der Waals surface area contributed by atoms with Crippen molar-refractivity contribution < 1.29 is 9.26 Å². The summed E-state index contributed by atoms with van der Waals surface area (Å²) in [4.78, 5) is 4.12.